The molecule has 4 nitrogen and oxygen atoms in total. The van der Waals surface area contributed by atoms with Gasteiger partial charge >= 0.3 is 0 Å². The summed E-state index contributed by atoms with van der Waals surface area (Å²) in [4.78, 5) is 11.9. The van der Waals surface area contributed by atoms with Crippen LogP contribution in [0, 0.1) is 6.92 Å². The van der Waals surface area contributed by atoms with Crippen LogP contribution in [0.5, 0.6) is 5.75 Å². The highest BCUT2D eigenvalue weighted by Gasteiger charge is 2.14. The molecule has 4 heteroatoms. The first-order chi connectivity index (χ1) is 9.16. The van der Waals surface area contributed by atoms with Crippen LogP contribution in [0.2, 0.25) is 0 Å². The lowest BCUT2D eigenvalue weighted by Crippen LogP contribution is -2.29. The van der Waals surface area contributed by atoms with Crippen molar-refractivity contribution < 1.29 is 14.6 Å². The van der Waals surface area contributed by atoms with Crippen LogP contribution in [0.25, 0.3) is 0 Å². The largest absolute Gasteiger partial charge is 0.508 e. The maximum Gasteiger partial charge on any atom is 0.251 e. The zero-order chi connectivity index (χ0) is 13.7. The highest BCUT2D eigenvalue weighted by atomic mass is 16.5. The molecular formula is C15H21NO3. The van der Waals surface area contributed by atoms with Gasteiger partial charge in [0.15, 0.2) is 0 Å². The summed E-state index contributed by atoms with van der Waals surface area (Å²) in [6.07, 6.45) is 4.57. The molecular weight excluding hydrogens is 242 g/mol. The fraction of sp³-hybridized carbons (Fsp3) is 0.533. The molecule has 19 heavy (non-hydrogen) atoms. The molecule has 0 unspecified atom stereocenters. The number of aryl methyl sites for hydroxylation is 1. The molecule has 0 spiro atoms. The van der Waals surface area contributed by atoms with Crippen LogP contribution in [0.3, 0.4) is 0 Å². The monoisotopic (exact) mass is 263 g/mol. The zero-order valence-corrected chi connectivity index (χ0v) is 11.3. The van der Waals surface area contributed by atoms with Crippen molar-refractivity contribution in [2.75, 3.05) is 13.2 Å². The first kappa shape index (κ1) is 13.9. The van der Waals surface area contributed by atoms with E-state index in [1.54, 1.807) is 19.1 Å². The van der Waals surface area contributed by atoms with Crippen LogP contribution in [0.15, 0.2) is 18.2 Å². The van der Waals surface area contributed by atoms with Gasteiger partial charge in [0.1, 0.15) is 5.75 Å². The van der Waals surface area contributed by atoms with Gasteiger partial charge < -0.3 is 15.2 Å². The first-order valence-electron chi connectivity index (χ1n) is 6.86. The van der Waals surface area contributed by atoms with Crippen LogP contribution in [-0.2, 0) is 4.74 Å². The second kappa shape index (κ2) is 6.57. The van der Waals surface area contributed by atoms with E-state index in [1.165, 1.54) is 12.5 Å². The second-order valence-corrected chi connectivity index (χ2v) is 5.03. The number of carbonyl (C=O) groups excluding carboxylic acids is 1. The van der Waals surface area contributed by atoms with Crippen molar-refractivity contribution >= 4 is 5.91 Å². The van der Waals surface area contributed by atoms with Gasteiger partial charge in [-0.05, 0) is 50.3 Å². The van der Waals surface area contributed by atoms with Crippen LogP contribution in [0.1, 0.15) is 41.6 Å². The van der Waals surface area contributed by atoms with Gasteiger partial charge in [0.05, 0.1) is 6.10 Å². The predicted octanol–water partition coefficient (Wildman–Crippen LogP) is 2.39. The smallest absolute Gasteiger partial charge is 0.251 e. The van der Waals surface area contributed by atoms with Crippen molar-refractivity contribution in [1.29, 1.82) is 0 Å². The quantitative estimate of drug-likeness (QED) is 0.877. The van der Waals surface area contributed by atoms with E-state index in [2.05, 4.69) is 5.32 Å². The highest BCUT2D eigenvalue weighted by molar-refractivity contribution is 5.94. The van der Waals surface area contributed by atoms with Gasteiger partial charge in [-0.2, -0.15) is 0 Å². The van der Waals surface area contributed by atoms with Gasteiger partial charge in [-0.15, -0.1) is 0 Å². The Morgan fingerprint density at radius 3 is 3.00 bits per heavy atom. The SMILES string of the molecule is Cc1ccc(C(=O)NCC[C@@H]2CCCCO2)cc1O. The Bertz CT molecular complexity index is 439. The van der Waals surface area contributed by atoms with Gasteiger partial charge in [0, 0.05) is 18.7 Å². The normalized spacial score (nSPS) is 19.1. The van der Waals surface area contributed by atoms with E-state index in [9.17, 15) is 9.90 Å². The Hall–Kier alpha value is -1.55. The van der Waals surface area contributed by atoms with E-state index < -0.39 is 0 Å². The fourth-order valence-electron chi connectivity index (χ4n) is 2.23. The number of phenolic OH excluding ortho intramolecular Hbond substituents is 1. The Morgan fingerprint density at radius 2 is 2.32 bits per heavy atom. The summed E-state index contributed by atoms with van der Waals surface area (Å²) >= 11 is 0. The Balaban J connectivity index is 1.78. The van der Waals surface area contributed by atoms with Gasteiger partial charge in [-0.3, -0.25) is 4.79 Å². The molecule has 1 aliphatic heterocycles. The summed E-state index contributed by atoms with van der Waals surface area (Å²) in [7, 11) is 0. The molecule has 1 fully saturated rings. The number of rotatable bonds is 4. The maximum atomic E-state index is 11.9. The van der Waals surface area contributed by atoms with Crippen LogP contribution >= 0.6 is 0 Å². The van der Waals surface area contributed by atoms with Crippen molar-refractivity contribution in [3.63, 3.8) is 0 Å². The molecule has 1 aromatic carbocycles. The topological polar surface area (TPSA) is 58.6 Å². The summed E-state index contributed by atoms with van der Waals surface area (Å²) in [5.41, 5.74) is 1.26. The van der Waals surface area contributed by atoms with Gasteiger partial charge in [0.2, 0.25) is 0 Å². The van der Waals surface area contributed by atoms with Crippen molar-refractivity contribution in [3.8, 4) is 5.75 Å². The zero-order valence-electron chi connectivity index (χ0n) is 11.3. The molecule has 1 heterocycles. The molecule has 0 aliphatic carbocycles. The molecule has 0 aromatic heterocycles. The molecule has 0 saturated carbocycles. The number of carbonyl (C=O) groups is 1. The Labute approximate surface area is 113 Å². The predicted molar refractivity (Wildman–Crippen MR) is 73.4 cm³/mol. The lowest BCUT2D eigenvalue weighted by molar-refractivity contribution is 0.0117. The van der Waals surface area contributed by atoms with E-state index in [1.807, 2.05) is 0 Å². The average molecular weight is 263 g/mol. The van der Waals surface area contributed by atoms with E-state index in [0.29, 0.717) is 12.1 Å². The Kier molecular flexibility index (Phi) is 4.80. The van der Waals surface area contributed by atoms with Crippen molar-refractivity contribution in [3.05, 3.63) is 29.3 Å². The lowest BCUT2D eigenvalue weighted by Gasteiger charge is -2.22. The molecule has 2 rings (SSSR count). The summed E-state index contributed by atoms with van der Waals surface area (Å²) in [5, 5.41) is 12.4. The third-order valence-electron chi connectivity index (χ3n) is 3.50. The lowest BCUT2D eigenvalue weighted by atomic mass is 10.1. The van der Waals surface area contributed by atoms with E-state index in [4.69, 9.17) is 4.74 Å². The number of amides is 1. The number of ether oxygens (including phenoxy) is 1. The van der Waals surface area contributed by atoms with Gasteiger partial charge in [-0.1, -0.05) is 6.07 Å². The molecule has 1 amide bonds. The number of aromatic hydroxyl groups is 1. The van der Waals surface area contributed by atoms with Crippen molar-refractivity contribution in [2.45, 2.75) is 38.7 Å². The fourth-order valence-corrected chi connectivity index (χ4v) is 2.23. The van der Waals surface area contributed by atoms with Crippen LogP contribution in [0.4, 0.5) is 0 Å². The highest BCUT2D eigenvalue weighted by Crippen LogP contribution is 2.17. The number of phenols is 1. The molecule has 0 radical (unpaired) electrons. The van der Waals surface area contributed by atoms with Gasteiger partial charge in [0.25, 0.3) is 5.91 Å². The van der Waals surface area contributed by atoms with Crippen molar-refractivity contribution in [1.82, 2.24) is 5.32 Å². The summed E-state index contributed by atoms with van der Waals surface area (Å²) in [5.74, 6) is 0.00868. The number of hydrogen-bond donors (Lipinski definition) is 2. The van der Waals surface area contributed by atoms with Crippen LogP contribution in [-0.4, -0.2) is 30.3 Å². The molecule has 1 aliphatic rings. The third-order valence-corrected chi connectivity index (χ3v) is 3.50. The summed E-state index contributed by atoms with van der Waals surface area (Å²) < 4.78 is 5.61. The van der Waals surface area contributed by atoms with Crippen LogP contribution < -0.4 is 5.32 Å². The molecule has 2 N–H and O–H groups in total. The number of benzene rings is 1. The standard InChI is InChI=1S/C15H21NO3/c1-11-5-6-12(10-14(11)17)15(18)16-8-7-13-4-2-3-9-19-13/h5-6,10,13,17H,2-4,7-9H2,1H3,(H,16,18)/t13-/m0/s1. The minimum Gasteiger partial charge on any atom is -0.508 e. The van der Waals surface area contributed by atoms with E-state index in [-0.39, 0.29) is 17.8 Å². The van der Waals surface area contributed by atoms with Crippen molar-refractivity contribution in [2.24, 2.45) is 0 Å². The van der Waals surface area contributed by atoms with E-state index in [0.717, 1.165) is 31.4 Å². The summed E-state index contributed by atoms with van der Waals surface area (Å²) in [6, 6.07) is 4.97. The summed E-state index contributed by atoms with van der Waals surface area (Å²) in [6.45, 7) is 3.25. The van der Waals surface area contributed by atoms with E-state index >= 15 is 0 Å². The maximum absolute atomic E-state index is 11.9. The number of nitrogens with one attached hydrogen (secondary N) is 1. The second-order valence-electron chi connectivity index (χ2n) is 5.03. The Morgan fingerprint density at radius 1 is 1.47 bits per heavy atom. The minimum absolute atomic E-state index is 0.147. The molecule has 104 valence electrons. The minimum atomic E-state index is -0.147. The number of hydrogen-bond acceptors (Lipinski definition) is 3. The molecule has 1 aromatic rings. The van der Waals surface area contributed by atoms with Gasteiger partial charge in [-0.25, -0.2) is 0 Å². The molecule has 1 saturated heterocycles. The third kappa shape index (κ3) is 3.96. The average Bonchev–Trinajstić information content (AvgIpc) is 2.43. The molecule has 0 bridgehead atoms. The first-order valence-corrected chi connectivity index (χ1v) is 6.86. The molecule has 1 atom stereocenters.